The Morgan fingerprint density at radius 1 is 1.47 bits per heavy atom. The molecule has 2 nitrogen and oxygen atoms in total. The molecule has 0 bridgehead atoms. The number of ketones is 1. The molecule has 1 aliphatic rings. The number of hydrogen-bond acceptors (Lipinski definition) is 2. The molecule has 1 unspecified atom stereocenters. The Morgan fingerprint density at radius 2 is 2.24 bits per heavy atom. The second kappa shape index (κ2) is 5.21. The van der Waals surface area contributed by atoms with E-state index in [9.17, 15) is 4.79 Å². The van der Waals surface area contributed by atoms with Gasteiger partial charge in [-0.2, -0.15) is 0 Å². The van der Waals surface area contributed by atoms with Crippen LogP contribution >= 0.6 is 15.9 Å². The minimum absolute atomic E-state index is 0.208. The van der Waals surface area contributed by atoms with Gasteiger partial charge >= 0.3 is 0 Å². The Balaban J connectivity index is 2.34. The van der Waals surface area contributed by atoms with Gasteiger partial charge in [-0.3, -0.25) is 4.79 Å². The second-order valence-electron chi connectivity index (χ2n) is 4.66. The third-order valence-electron chi connectivity index (χ3n) is 3.41. The average molecular weight is 296 g/mol. The molecule has 0 spiro atoms. The van der Waals surface area contributed by atoms with Crippen LogP contribution in [-0.4, -0.2) is 18.4 Å². The molecular formula is C14H18BrNO. The Kier molecular flexibility index (Phi) is 3.87. The molecule has 17 heavy (non-hydrogen) atoms. The van der Waals surface area contributed by atoms with Crippen LogP contribution in [0, 0.1) is 0 Å². The quantitative estimate of drug-likeness (QED) is 0.785. The molecule has 1 aromatic carbocycles. The maximum absolute atomic E-state index is 11.8. The number of benzene rings is 1. The van der Waals surface area contributed by atoms with Gasteiger partial charge in [0.25, 0.3) is 0 Å². The zero-order valence-corrected chi connectivity index (χ0v) is 12.0. The Hall–Kier alpha value is -0.830. The molecule has 1 aliphatic heterocycles. The lowest BCUT2D eigenvalue weighted by Gasteiger charge is -2.24. The van der Waals surface area contributed by atoms with Gasteiger partial charge < -0.3 is 4.90 Å². The van der Waals surface area contributed by atoms with Crippen molar-refractivity contribution in [3.05, 3.63) is 28.2 Å². The second-order valence-corrected chi connectivity index (χ2v) is 5.58. The molecule has 1 fully saturated rings. The van der Waals surface area contributed by atoms with E-state index in [2.05, 4.69) is 33.8 Å². The summed E-state index contributed by atoms with van der Waals surface area (Å²) in [6, 6.07) is 6.62. The number of rotatable bonds is 3. The zero-order valence-electron chi connectivity index (χ0n) is 10.4. The first-order chi connectivity index (χ1) is 8.11. The fourth-order valence-corrected chi connectivity index (χ4v) is 2.90. The van der Waals surface area contributed by atoms with Gasteiger partial charge in [0.15, 0.2) is 5.78 Å². The van der Waals surface area contributed by atoms with Crippen molar-refractivity contribution in [1.82, 2.24) is 0 Å². The van der Waals surface area contributed by atoms with E-state index in [4.69, 9.17) is 0 Å². The highest BCUT2D eigenvalue weighted by atomic mass is 79.9. The number of hydrogen-bond donors (Lipinski definition) is 0. The highest BCUT2D eigenvalue weighted by Crippen LogP contribution is 2.29. The summed E-state index contributed by atoms with van der Waals surface area (Å²) < 4.78 is 0.992. The fourth-order valence-electron chi connectivity index (χ4n) is 2.42. The number of carbonyl (C=O) groups excluding carboxylic acids is 1. The topological polar surface area (TPSA) is 20.3 Å². The summed E-state index contributed by atoms with van der Waals surface area (Å²) in [6.45, 7) is 5.24. The molecule has 0 amide bonds. The molecule has 1 atom stereocenters. The lowest BCUT2D eigenvalue weighted by Crippen LogP contribution is -2.26. The molecule has 0 radical (unpaired) electrons. The fraction of sp³-hybridized carbons (Fsp3) is 0.500. The summed E-state index contributed by atoms with van der Waals surface area (Å²) in [7, 11) is 0. The van der Waals surface area contributed by atoms with E-state index in [-0.39, 0.29) is 5.78 Å². The number of carbonyl (C=O) groups is 1. The van der Waals surface area contributed by atoms with E-state index in [0.29, 0.717) is 12.5 Å². The van der Waals surface area contributed by atoms with Crippen molar-refractivity contribution in [2.24, 2.45) is 0 Å². The van der Waals surface area contributed by atoms with Crippen LogP contribution in [0.25, 0.3) is 0 Å². The normalized spacial score (nSPS) is 19.7. The average Bonchev–Trinajstić information content (AvgIpc) is 2.73. The van der Waals surface area contributed by atoms with Crippen LogP contribution in [0.15, 0.2) is 22.7 Å². The van der Waals surface area contributed by atoms with E-state index in [1.165, 1.54) is 18.5 Å². The molecule has 3 heteroatoms. The third kappa shape index (κ3) is 2.71. The Labute approximate surface area is 111 Å². The maximum atomic E-state index is 11.8. The monoisotopic (exact) mass is 295 g/mol. The first-order valence-electron chi connectivity index (χ1n) is 6.22. The van der Waals surface area contributed by atoms with Gasteiger partial charge in [0.2, 0.25) is 0 Å². The molecule has 92 valence electrons. The number of nitrogens with zero attached hydrogens (tertiary/aromatic N) is 1. The van der Waals surface area contributed by atoms with Crippen molar-refractivity contribution in [3.63, 3.8) is 0 Å². The maximum Gasteiger partial charge on any atom is 0.162 e. The SMILES string of the molecule is CCC(=O)c1cc(Br)cc(N2CCCC2C)c1. The van der Waals surface area contributed by atoms with E-state index in [0.717, 1.165) is 16.6 Å². The zero-order chi connectivity index (χ0) is 12.4. The minimum Gasteiger partial charge on any atom is -0.369 e. The largest absolute Gasteiger partial charge is 0.369 e. The van der Waals surface area contributed by atoms with Gasteiger partial charge in [0.1, 0.15) is 0 Å². The molecule has 0 saturated carbocycles. The standard InChI is InChI=1S/C14H18BrNO/c1-3-14(17)11-7-12(15)9-13(8-11)16-6-4-5-10(16)2/h7-10H,3-6H2,1-2H3. The lowest BCUT2D eigenvalue weighted by atomic mass is 10.1. The molecule has 0 aromatic heterocycles. The predicted molar refractivity (Wildman–Crippen MR) is 74.8 cm³/mol. The first-order valence-corrected chi connectivity index (χ1v) is 7.01. The first kappa shape index (κ1) is 12.6. The summed E-state index contributed by atoms with van der Waals surface area (Å²) in [4.78, 5) is 14.2. The predicted octanol–water partition coefficient (Wildman–Crippen LogP) is 4.03. The van der Waals surface area contributed by atoms with Gasteiger partial charge in [-0.05, 0) is 38.0 Å². The molecular weight excluding hydrogens is 278 g/mol. The molecule has 1 saturated heterocycles. The van der Waals surface area contributed by atoms with E-state index in [1.807, 2.05) is 19.1 Å². The molecule has 0 N–H and O–H groups in total. The highest BCUT2D eigenvalue weighted by Gasteiger charge is 2.21. The van der Waals surface area contributed by atoms with Crippen LogP contribution in [-0.2, 0) is 0 Å². The molecule has 0 aliphatic carbocycles. The van der Waals surface area contributed by atoms with Gasteiger partial charge in [0.05, 0.1) is 0 Å². The van der Waals surface area contributed by atoms with Crippen LogP contribution < -0.4 is 4.90 Å². The Morgan fingerprint density at radius 3 is 2.82 bits per heavy atom. The van der Waals surface area contributed by atoms with E-state index >= 15 is 0 Å². The molecule has 2 rings (SSSR count). The van der Waals surface area contributed by atoms with Gasteiger partial charge in [-0.15, -0.1) is 0 Å². The van der Waals surface area contributed by atoms with Crippen molar-refractivity contribution in [2.45, 2.75) is 39.2 Å². The van der Waals surface area contributed by atoms with Crippen molar-refractivity contribution < 1.29 is 4.79 Å². The summed E-state index contributed by atoms with van der Waals surface area (Å²) in [5.74, 6) is 0.208. The number of Topliss-reactive ketones (excluding diaryl/α,β-unsaturated/α-hetero) is 1. The summed E-state index contributed by atoms with van der Waals surface area (Å²) in [6.07, 6.45) is 3.04. The summed E-state index contributed by atoms with van der Waals surface area (Å²) >= 11 is 3.50. The minimum atomic E-state index is 0.208. The van der Waals surface area contributed by atoms with E-state index < -0.39 is 0 Å². The van der Waals surface area contributed by atoms with Gasteiger partial charge in [-0.25, -0.2) is 0 Å². The van der Waals surface area contributed by atoms with Crippen LogP contribution in [0.1, 0.15) is 43.5 Å². The van der Waals surface area contributed by atoms with Crippen LogP contribution in [0.4, 0.5) is 5.69 Å². The number of halogens is 1. The highest BCUT2D eigenvalue weighted by molar-refractivity contribution is 9.10. The smallest absolute Gasteiger partial charge is 0.162 e. The van der Waals surface area contributed by atoms with Crippen molar-refractivity contribution in [3.8, 4) is 0 Å². The summed E-state index contributed by atoms with van der Waals surface area (Å²) in [5.41, 5.74) is 1.98. The van der Waals surface area contributed by atoms with E-state index in [1.54, 1.807) is 0 Å². The Bertz CT molecular complexity index is 430. The van der Waals surface area contributed by atoms with Crippen molar-refractivity contribution in [1.29, 1.82) is 0 Å². The van der Waals surface area contributed by atoms with Crippen LogP contribution in [0.2, 0.25) is 0 Å². The number of anilines is 1. The molecule has 1 aromatic rings. The van der Waals surface area contributed by atoms with Crippen LogP contribution in [0.5, 0.6) is 0 Å². The third-order valence-corrected chi connectivity index (χ3v) is 3.87. The van der Waals surface area contributed by atoms with Crippen molar-refractivity contribution >= 4 is 27.4 Å². The van der Waals surface area contributed by atoms with Crippen LogP contribution in [0.3, 0.4) is 0 Å². The summed E-state index contributed by atoms with van der Waals surface area (Å²) in [5, 5.41) is 0. The van der Waals surface area contributed by atoms with Gasteiger partial charge in [0, 0.05) is 34.7 Å². The van der Waals surface area contributed by atoms with Crippen molar-refractivity contribution in [2.75, 3.05) is 11.4 Å². The molecule has 1 heterocycles. The van der Waals surface area contributed by atoms with Gasteiger partial charge in [-0.1, -0.05) is 22.9 Å². The lowest BCUT2D eigenvalue weighted by molar-refractivity contribution is 0.0988.